The maximum Gasteiger partial charge on any atom is 0.141 e. The molecule has 1 atom stereocenters. The van der Waals surface area contributed by atoms with Crippen LogP contribution in [0.2, 0.25) is 5.02 Å². The monoisotopic (exact) mass is 264 g/mol. The Morgan fingerprint density at radius 2 is 2.06 bits per heavy atom. The number of halogens is 2. The molecule has 18 heavy (non-hydrogen) atoms. The quantitative estimate of drug-likeness (QED) is 0.891. The van der Waals surface area contributed by atoms with E-state index in [1.165, 1.54) is 12.3 Å². The van der Waals surface area contributed by atoms with Gasteiger partial charge in [-0.3, -0.25) is 4.98 Å². The van der Waals surface area contributed by atoms with Gasteiger partial charge in [0.1, 0.15) is 5.82 Å². The number of aryl methyl sites for hydroxylation is 1. The van der Waals surface area contributed by atoms with Crippen molar-refractivity contribution in [3.8, 4) is 0 Å². The van der Waals surface area contributed by atoms with Crippen LogP contribution in [-0.2, 0) is 0 Å². The summed E-state index contributed by atoms with van der Waals surface area (Å²) in [5, 5.41) is 3.97. The summed E-state index contributed by atoms with van der Waals surface area (Å²) >= 11 is 6.14. The largest absolute Gasteiger partial charge is 0.376 e. The van der Waals surface area contributed by atoms with Crippen LogP contribution in [0.4, 0.5) is 10.1 Å². The third-order valence-electron chi connectivity index (χ3n) is 2.78. The SMILES string of the molecule is Cc1cccc(Cl)c1NC(C)c1ccc(F)cn1. The second kappa shape index (κ2) is 5.36. The van der Waals surface area contributed by atoms with Gasteiger partial charge < -0.3 is 5.32 Å². The lowest BCUT2D eigenvalue weighted by atomic mass is 10.1. The average molecular weight is 265 g/mol. The van der Waals surface area contributed by atoms with E-state index in [2.05, 4.69) is 10.3 Å². The molecule has 1 heterocycles. The minimum Gasteiger partial charge on any atom is -0.376 e. The van der Waals surface area contributed by atoms with Crippen molar-refractivity contribution in [1.82, 2.24) is 4.98 Å². The summed E-state index contributed by atoms with van der Waals surface area (Å²) in [6.07, 6.45) is 1.22. The zero-order chi connectivity index (χ0) is 13.1. The summed E-state index contributed by atoms with van der Waals surface area (Å²) in [4.78, 5) is 4.05. The summed E-state index contributed by atoms with van der Waals surface area (Å²) in [5.41, 5.74) is 2.73. The van der Waals surface area contributed by atoms with E-state index in [-0.39, 0.29) is 11.9 Å². The molecule has 0 amide bonds. The maximum atomic E-state index is 12.8. The molecule has 2 aromatic rings. The molecular formula is C14H14ClFN2. The fourth-order valence-electron chi connectivity index (χ4n) is 1.75. The molecule has 4 heteroatoms. The Hall–Kier alpha value is -1.61. The van der Waals surface area contributed by atoms with E-state index in [1.807, 2.05) is 32.0 Å². The van der Waals surface area contributed by atoms with Crippen molar-refractivity contribution >= 4 is 17.3 Å². The molecule has 0 bridgehead atoms. The Morgan fingerprint density at radius 1 is 1.28 bits per heavy atom. The maximum absolute atomic E-state index is 12.8. The van der Waals surface area contributed by atoms with E-state index in [0.717, 1.165) is 16.9 Å². The van der Waals surface area contributed by atoms with Gasteiger partial charge >= 0.3 is 0 Å². The number of nitrogens with zero attached hydrogens (tertiary/aromatic N) is 1. The fraction of sp³-hybridized carbons (Fsp3) is 0.214. The van der Waals surface area contributed by atoms with Crippen molar-refractivity contribution in [3.63, 3.8) is 0 Å². The molecular weight excluding hydrogens is 251 g/mol. The van der Waals surface area contributed by atoms with Crippen molar-refractivity contribution in [2.24, 2.45) is 0 Å². The lowest BCUT2D eigenvalue weighted by Gasteiger charge is -2.17. The molecule has 0 fully saturated rings. The molecule has 2 nitrogen and oxygen atoms in total. The topological polar surface area (TPSA) is 24.9 Å². The molecule has 0 aliphatic rings. The van der Waals surface area contributed by atoms with Gasteiger partial charge in [-0.15, -0.1) is 0 Å². The van der Waals surface area contributed by atoms with Crippen LogP contribution in [-0.4, -0.2) is 4.98 Å². The number of aromatic nitrogens is 1. The first kappa shape index (κ1) is 12.8. The zero-order valence-corrected chi connectivity index (χ0v) is 11.0. The third kappa shape index (κ3) is 2.79. The van der Waals surface area contributed by atoms with Gasteiger partial charge in [0.05, 0.1) is 28.6 Å². The highest BCUT2D eigenvalue weighted by atomic mass is 35.5. The van der Waals surface area contributed by atoms with E-state index >= 15 is 0 Å². The number of hydrogen-bond donors (Lipinski definition) is 1. The van der Waals surface area contributed by atoms with Crippen LogP contribution in [0.15, 0.2) is 36.5 Å². The van der Waals surface area contributed by atoms with Crippen LogP contribution in [0.25, 0.3) is 0 Å². The molecule has 0 saturated carbocycles. The molecule has 1 aromatic heterocycles. The van der Waals surface area contributed by atoms with Gasteiger partial charge in [-0.2, -0.15) is 0 Å². The van der Waals surface area contributed by atoms with E-state index < -0.39 is 0 Å². The summed E-state index contributed by atoms with van der Waals surface area (Å²) in [6.45, 7) is 3.95. The number of para-hydroxylation sites is 1. The molecule has 1 aromatic carbocycles. The number of pyridine rings is 1. The summed E-state index contributed by atoms with van der Waals surface area (Å²) < 4.78 is 12.8. The molecule has 94 valence electrons. The molecule has 0 saturated heterocycles. The summed E-state index contributed by atoms with van der Waals surface area (Å²) in [6, 6.07) is 8.76. The number of nitrogens with one attached hydrogen (secondary N) is 1. The first-order valence-corrected chi connectivity index (χ1v) is 6.09. The van der Waals surface area contributed by atoms with E-state index in [1.54, 1.807) is 6.07 Å². The standard InChI is InChI=1S/C14H14ClFN2/c1-9-4-3-5-12(15)14(9)18-10(2)13-7-6-11(16)8-17-13/h3-8,10,18H,1-2H3. The molecule has 1 N–H and O–H groups in total. The van der Waals surface area contributed by atoms with Gasteiger partial charge in [-0.25, -0.2) is 4.39 Å². The second-order valence-electron chi connectivity index (χ2n) is 4.20. The Morgan fingerprint density at radius 3 is 2.67 bits per heavy atom. The second-order valence-corrected chi connectivity index (χ2v) is 4.61. The van der Waals surface area contributed by atoms with Crippen LogP contribution in [0, 0.1) is 12.7 Å². The normalized spacial score (nSPS) is 12.2. The average Bonchev–Trinajstić information content (AvgIpc) is 2.34. The Labute approximate surface area is 111 Å². The van der Waals surface area contributed by atoms with E-state index in [0.29, 0.717) is 5.02 Å². The minimum absolute atomic E-state index is 0.0378. The highest BCUT2D eigenvalue weighted by molar-refractivity contribution is 6.33. The third-order valence-corrected chi connectivity index (χ3v) is 3.09. The Kier molecular flexibility index (Phi) is 3.82. The first-order valence-electron chi connectivity index (χ1n) is 5.71. The molecule has 0 spiro atoms. The van der Waals surface area contributed by atoms with Crippen LogP contribution in [0.5, 0.6) is 0 Å². The highest BCUT2D eigenvalue weighted by Gasteiger charge is 2.10. The number of hydrogen-bond acceptors (Lipinski definition) is 2. The van der Waals surface area contributed by atoms with Gasteiger partial charge in [0, 0.05) is 0 Å². The number of benzene rings is 1. The number of rotatable bonds is 3. The van der Waals surface area contributed by atoms with E-state index in [4.69, 9.17) is 11.6 Å². The molecule has 2 rings (SSSR count). The predicted octanol–water partition coefficient (Wildman–Crippen LogP) is 4.36. The zero-order valence-electron chi connectivity index (χ0n) is 10.2. The Bertz CT molecular complexity index is 520. The van der Waals surface area contributed by atoms with Crippen LogP contribution in [0.3, 0.4) is 0 Å². The van der Waals surface area contributed by atoms with E-state index in [9.17, 15) is 4.39 Å². The van der Waals surface area contributed by atoms with Crippen LogP contribution in [0.1, 0.15) is 24.2 Å². The first-order chi connectivity index (χ1) is 8.58. The Balaban J connectivity index is 2.21. The predicted molar refractivity (Wildman–Crippen MR) is 72.4 cm³/mol. The van der Waals surface area contributed by atoms with Gasteiger partial charge in [0.2, 0.25) is 0 Å². The fourth-order valence-corrected chi connectivity index (χ4v) is 2.02. The molecule has 0 aliphatic carbocycles. The highest BCUT2D eigenvalue weighted by Crippen LogP contribution is 2.28. The lowest BCUT2D eigenvalue weighted by molar-refractivity contribution is 0.617. The van der Waals surface area contributed by atoms with Gasteiger partial charge in [-0.1, -0.05) is 23.7 Å². The summed E-state index contributed by atoms with van der Waals surface area (Å²) in [5.74, 6) is -0.333. The summed E-state index contributed by atoms with van der Waals surface area (Å²) in [7, 11) is 0. The molecule has 0 aliphatic heterocycles. The van der Waals surface area contributed by atoms with Crippen molar-refractivity contribution < 1.29 is 4.39 Å². The van der Waals surface area contributed by atoms with Gasteiger partial charge in [0.25, 0.3) is 0 Å². The lowest BCUT2D eigenvalue weighted by Crippen LogP contribution is -2.09. The smallest absolute Gasteiger partial charge is 0.141 e. The van der Waals surface area contributed by atoms with Crippen molar-refractivity contribution in [1.29, 1.82) is 0 Å². The molecule has 0 radical (unpaired) electrons. The number of anilines is 1. The van der Waals surface area contributed by atoms with Crippen molar-refractivity contribution in [2.75, 3.05) is 5.32 Å². The molecule has 1 unspecified atom stereocenters. The van der Waals surface area contributed by atoms with Gasteiger partial charge in [-0.05, 0) is 37.6 Å². The minimum atomic E-state index is -0.333. The van der Waals surface area contributed by atoms with Crippen LogP contribution < -0.4 is 5.32 Å². The van der Waals surface area contributed by atoms with Gasteiger partial charge in [0.15, 0.2) is 0 Å². The van der Waals surface area contributed by atoms with Crippen molar-refractivity contribution in [3.05, 3.63) is 58.6 Å². The van der Waals surface area contributed by atoms with Crippen LogP contribution >= 0.6 is 11.6 Å². The van der Waals surface area contributed by atoms with Crippen molar-refractivity contribution in [2.45, 2.75) is 19.9 Å².